The Morgan fingerprint density at radius 3 is 2.17 bits per heavy atom. The fourth-order valence-electron chi connectivity index (χ4n) is 1.69. The second kappa shape index (κ2) is 6.75. The van der Waals surface area contributed by atoms with E-state index in [2.05, 4.69) is 76.4 Å². The number of rotatable bonds is 5. The fourth-order valence-corrected chi connectivity index (χ4v) is 2.05. The number of hydrogen-bond donors (Lipinski definition) is 1. The molecule has 0 saturated carbocycles. The predicted octanol–water partition coefficient (Wildman–Crippen LogP) is 4.05. The molecule has 2 nitrogen and oxygen atoms in total. The zero-order chi connectivity index (χ0) is 12.8. The van der Waals surface area contributed by atoms with Crippen molar-refractivity contribution >= 4 is 28.3 Å². The Morgan fingerprint density at radius 1 is 0.944 bits per heavy atom. The van der Waals surface area contributed by atoms with Gasteiger partial charge in [0.15, 0.2) is 0 Å². The largest absolute Gasteiger partial charge is 0.381 e. The molecule has 0 unspecified atom stereocenters. The van der Waals surface area contributed by atoms with Gasteiger partial charge in [-0.15, -0.1) is 0 Å². The number of ether oxygens (including phenoxy) is 1. The Kier molecular flexibility index (Phi) is 5.01. The van der Waals surface area contributed by atoms with E-state index in [9.17, 15) is 0 Å². The third kappa shape index (κ3) is 3.99. The molecule has 3 heteroatoms. The number of nitrogens with one attached hydrogen (secondary N) is 1. The highest BCUT2D eigenvalue weighted by molar-refractivity contribution is 14.1. The summed E-state index contributed by atoms with van der Waals surface area (Å²) in [6, 6.07) is 16.9. The van der Waals surface area contributed by atoms with Crippen LogP contribution in [-0.4, -0.2) is 7.11 Å². The first-order valence-electron chi connectivity index (χ1n) is 5.84. The van der Waals surface area contributed by atoms with E-state index in [1.165, 1.54) is 14.7 Å². The number of benzene rings is 2. The van der Waals surface area contributed by atoms with Crippen LogP contribution in [0.2, 0.25) is 0 Å². The third-order valence-electron chi connectivity index (χ3n) is 2.67. The average Bonchev–Trinajstić information content (AvgIpc) is 2.40. The van der Waals surface area contributed by atoms with Gasteiger partial charge in [0.1, 0.15) is 0 Å². The van der Waals surface area contributed by atoms with Gasteiger partial charge in [0.25, 0.3) is 0 Å². The summed E-state index contributed by atoms with van der Waals surface area (Å²) < 4.78 is 6.35. The molecule has 0 atom stereocenters. The molecule has 0 bridgehead atoms. The van der Waals surface area contributed by atoms with Gasteiger partial charge in [-0.3, -0.25) is 0 Å². The molecule has 1 N–H and O–H groups in total. The third-order valence-corrected chi connectivity index (χ3v) is 3.39. The van der Waals surface area contributed by atoms with Crippen molar-refractivity contribution in [3.05, 3.63) is 63.2 Å². The average molecular weight is 353 g/mol. The molecule has 0 radical (unpaired) electrons. The molecule has 0 amide bonds. The lowest BCUT2D eigenvalue weighted by Crippen LogP contribution is -1.99. The minimum absolute atomic E-state index is 0.664. The van der Waals surface area contributed by atoms with E-state index in [4.69, 9.17) is 4.74 Å². The highest BCUT2D eigenvalue weighted by atomic mass is 127. The van der Waals surface area contributed by atoms with Gasteiger partial charge in [-0.2, -0.15) is 0 Å². The Balaban J connectivity index is 1.91. The van der Waals surface area contributed by atoms with Crippen molar-refractivity contribution in [2.24, 2.45) is 0 Å². The molecule has 18 heavy (non-hydrogen) atoms. The van der Waals surface area contributed by atoms with Crippen LogP contribution in [-0.2, 0) is 17.9 Å². The lowest BCUT2D eigenvalue weighted by Gasteiger charge is -2.07. The lowest BCUT2D eigenvalue weighted by molar-refractivity contribution is 0.185. The first-order valence-corrected chi connectivity index (χ1v) is 6.92. The van der Waals surface area contributed by atoms with Crippen molar-refractivity contribution in [2.45, 2.75) is 13.2 Å². The summed E-state index contributed by atoms with van der Waals surface area (Å²) >= 11 is 2.32. The Morgan fingerprint density at radius 2 is 1.56 bits per heavy atom. The van der Waals surface area contributed by atoms with Crippen molar-refractivity contribution in [2.75, 3.05) is 12.4 Å². The van der Waals surface area contributed by atoms with E-state index in [1.807, 2.05) is 0 Å². The predicted molar refractivity (Wildman–Crippen MR) is 83.6 cm³/mol. The lowest BCUT2D eigenvalue weighted by atomic mass is 10.2. The monoisotopic (exact) mass is 353 g/mol. The molecule has 2 rings (SSSR count). The van der Waals surface area contributed by atoms with Gasteiger partial charge >= 0.3 is 0 Å². The van der Waals surface area contributed by atoms with Gasteiger partial charge in [0, 0.05) is 22.9 Å². The Labute approximate surface area is 122 Å². The molecule has 0 aliphatic heterocycles. The quantitative estimate of drug-likeness (QED) is 0.819. The molecule has 94 valence electrons. The highest BCUT2D eigenvalue weighted by Gasteiger charge is 1.96. The molecule has 0 fully saturated rings. The summed E-state index contributed by atoms with van der Waals surface area (Å²) in [5.74, 6) is 0. The molecule has 0 heterocycles. The van der Waals surface area contributed by atoms with Crippen molar-refractivity contribution in [3.63, 3.8) is 0 Å². The number of methoxy groups -OCH3 is 1. The number of anilines is 1. The summed E-state index contributed by atoms with van der Waals surface area (Å²) in [5, 5.41) is 3.41. The van der Waals surface area contributed by atoms with Crippen LogP contribution in [0, 0.1) is 3.57 Å². The second-order valence-electron chi connectivity index (χ2n) is 4.11. The van der Waals surface area contributed by atoms with Crippen molar-refractivity contribution in [1.29, 1.82) is 0 Å². The molecule has 0 aromatic heterocycles. The van der Waals surface area contributed by atoms with Crippen LogP contribution in [0.25, 0.3) is 0 Å². The van der Waals surface area contributed by atoms with E-state index in [1.54, 1.807) is 7.11 Å². The summed E-state index contributed by atoms with van der Waals surface area (Å²) in [7, 11) is 1.71. The van der Waals surface area contributed by atoms with Gasteiger partial charge in [-0.25, -0.2) is 0 Å². The van der Waals surface area contributed by atoms with E-state index >= 15 is 0 Å². The summed E-state index contributed by atoms with van der Waals surface area (Å²) in [5.41, 5.74) is 3.61. The molecule has 0 spiro atoms. The second-order valence-corrected chi connectivity index (χ2v) is 5.36. The minimum Gasteiger partial charge on any atom is -0.381 e. The molecule has 0 aliphatic carbocycles. The van der Waals surface area contributed by atoms with Crippen molar-refractivity contribution < 1.29 is 4.74 Å². The summed E-state index contributed by atoms with van der Waals surface area (Å²) in [6.07, 6.45) is 0. The highest BCUT2D eigenvalue weighted by Crippen LogP contribution is 2.13. The molecule has 0 aliphatic rings. The van der Waals surface area contributed by atoms with Gasteiger partial charge in [-0.05, 0) is 58.0 Å². The van der Waals surface area contributed by atoms with Crippen LogP contribution in [0.3, 0.4) is 0 Å². The van der Waals surface area contributed by atoms with E-state index in [0.717, 1.165) is 12.2 Å². The molecular formula is C15H16INO. The van der Waals surface area contributed by atoms with Crippen LogP contribution in [0.1, 0.15) is 11.1 Å². The fraction of sp³-hybridized carbons (Fsp3) is 0.200. The van der Waals surface area contributed by atoms with Crippen LogP contribution in [0.5, 0.6) is 0 Å². The zero-order valence-electron chi connectivity index (χ0n) is 10.3. The van der Waals surface area contributed by atoms with Gasteiger partial charge in [-0.1, -0.05) is 24.3 Å². The minimum atomic E-state index is 0.664. The van der Waals surface area contributed by atoms with E-state index in [-0.39, 0.29) is 0 Å². The van der Waals surface area contributed by atoms with Gasteiger partial charge in [0.2, 0.25) is 0 Å². The first-order chi connectivity index (χ1) is 8.78. The van der Waals surface area contributed by atoms with E-state index < -0.39 is 0 Å². The van der Waals surface area contributed by atoms with Gasteiger partial charge in [0.05, 0.1) is 6.61 Å². The summed E-state index contributed by atoms with van der Waals surface area (Å²) in [6.45, 7) is 1.51. The number of halogens is 1. The van der Waals surface area contributed by atoms with Crippen LogP contribution < -0.4 is 5.32 Å². The molecule has 0 saturated heterocycles. The first kappa shape index (κ1) is 13.4. The topological polar surface area (TPSA) is 21.3 Å². The maximum absolute atomic E-state index is 5.09. The van der Waals surface area contributed by atoms with Crippen molar-refractivity contribution in [1.82, 2.24) is 0 Å². The maximum Gasteiger partial charge on any atom is 0.0713 e. The van der Waals surface area contributed by atoms with Crippen LogP contribution >= 0.6 is 22.6 Å². The molecule has 2 aromatic rings. The number of hydrogen-bond acceptors (Lipinski definition) is 2. The zero-order valence-corrected chi connectivity index (χ0v) is 12.5. The van der Waals surface area contributed by atoms with Gasteiger partial charge < -0.3 is 10.1 Å². The Bertz CT molecular complexity index is 479. The van der Waals surface area contributed by atoms with Crippen LogP contribution in [0.15, 0.2) is 48.5 Å². The van der Waals surface area contributed by atoms with Crippen LogP contribution in [0.4, 0.5) is 5.69 Å². The Hall–Kier alpha value is -1.07. The maximum atomic E-state index is 5.09. The smallest absolute Gasteiger partial charge is 0.0713 e. The van der Waals surface area contributed by atoms with E-state index in [0.29, 0.717) is 6.61 Å². The standard InChI is InChI=1S/C15H16INO/c1-18-11-13-4-8-15(9-5-13)17-10-12-2-6-14(16)7-3-12/h2-9,17H,10-11H2,1H3. The molecular weight excluding hydrogens is 337 g/mol. The molecule has 2 aromatic carbocycles. The summed E-state index contributed by atoms with van der Waals surface area (Å²) in [4.78, 5) is 0. The normalized spacial score (nSPS) is 10.3. The SMILES string of the molecule is COCc1ccc(NCc2ccc(I)cc2)cc1. The van der Waals surface area contributed by atoms with Crippen molar-refractivity contribution in [3.8, 4) is 0 Å².